The molecular weight excluding hydrogens is 148 g/mol. The summed E-state index contributed by atoms with van der Waals surface area (Å²) in [6.07, 6.45) is 3.12. The van der Waals surface area contributed by atoms with Gasteiger partial charge < -0.3 is 10.3 Å². The minimum absolute atomic E-state index is 0.703. The van der Waals surface area contributed by atoms with Gasteiger partial charge >= 0.3 is 0 Å². The van der Waals surface area contributed by atoms with E-state index in [1.807, 2.05) is 0 Å². The lowest BCUT2D eigenvalue weighted by Crippen LogP contribution is -2.11. The molecule has 0 bridgehead atoms. The van der Waals surface area contributed by atoms with E-state index in [4.69, 9.17) is 5.73 Å². The molecule has 0 aliphatic carbocycles. The Morgan fingerprint density at radius 3 is 2.83 bits per heavy atom. The third-order valence-electron chi connectivity index (χ3n) is 1.89. The molecule has 1 aromatic rings. The molecule has 12 heavy (non-hydrogen) atoms. The Hall–Kier alpha value is -0.760. The second-order valence-electron chi connectivity index (χ2n) is 3.58. The zero-order chi connectivity index (χ0) is 8.97. The van der Waals surface area contributed by atoms with Crippen molar-refractivity contribution in [2.75, 3.05) is 6.54 Å². The summed E-state index contributed by atoms with van der Waals surface area (Å²) >= 11 is 0. The van der Waals surface area contributed by atoms with Crippen molar-refractivity contribution in [2.45, 2.75) is 26.8 Å². The first kappa shape index (κ1) is 9.33. The van der Waals surface area contributed by atoms with Gasteiger partial charge in [0, 0.05) is 18.4 Å². The molecule has 0 spiro atoms. The first-order valence-corrected chi connectivity index (χ1v) is 4.58. The van der Waals surface area contributed by atoms with Crippen LogP contribution in [0.3, 0.4) is 0 Å². The van der Waals surface area contributed by atoms with Gasteiger partial charge in [0.2, 0.25) is 0 Å². The Balaban J connectivity index is 2.63. The van der Waals surface area contributed by atoms with E-state index in [9.17, 15) is 0 Å². The number of hydrogen-bond acceptors (Lipinski definition) is 1. The molecule has 68 valence electrons. The first-order valence-electron chi connectivity index (χ1n) is 4.58. The summed E-state index contributed by atoms with van der Waals surface area (Å²) in [4.78, 5) is 0. The van der Waals surface area contributed by atoms with Crippen LogP contribution in [0.15, 0.2) is 18.3 Å². The fourth-order valence-corrected chi connectivity index (χ4v) is 1.40. The van der Waals surface area contributed by atoms with Gasteiger partial charge in [0.05, 0.1) is 0 Å². The summed E-state index contributed by atoms with van der Waals surface area (Å²) in [7, 11) is 0. The molecule has 0 atom stereocenters. The average Bonchev–Trinajstić information content (AvgIpc) is 2.37. The van der Waals surface area contributed by atoms with Crippen LogP contribution in [0.25, 0.3) is 0 Å². The molecule has 2 nitrogen and oxygen atoms in total. The summed E-state index contributed by atoms with van der Waals surface area (Å²) in [6, 6.07) is 4.24. The van der Waals surface area contributed by atoms with Crippen LogP contribution in [0.5, 0.6) is 0 Å². The molecule has 0 saturated carbocycles. The summed E-state index contributed by atoms with van der Waals surface area (Å²) in [5.41, 5.74) is 6.86. The number of nitrogens with zero attached hydrogens (tertiary/aromatic N) is 1. The lowest BCUT2D eigenvalue weighted by atomic mass is 10.2. The molecule has 0 saturated heterocycles. The van der Waals surface area contributed by atoms with E-state index in [0.717, 1.165) is 19.5 Å². The Morgan fingerprint density at radius 1 is 1.50 bits per heavy atom. The fourth-order valence-electron chi connectivity index (χ4n) is 1.40. The van der Waals surface area contributed by atoms with Crippen molar-refractivity contribution >= 4 is 0 Å². The van der Waals surface area contributed by atoms with Crippen LogP contribution in [-0.4, -0.2) is 11.1 Å². The van der Waals surface area contributed by atoms with E-state index in [0.29, 0.717) is 5.92 Å². The highest BCUT2D eigenvalue weighted by molar-refractivity contribution is 5.07. The normalized spacial score (nSPS) is 11.0. The van der Waals surface area contributed by atoms with Crippen molar-refractivity contribution in [3.63, 3.8) is 0 Å². The van der Waals surface area contributed by atoms with Crippen LogP contribution in [-0.2, 0) is 13.0 Å². The monoisotopic (exact) mass is 166 g/mol. The molecule has 0 radical (unpaired) electrons. The second kappa shape index (κ2) is 4.31. The Bertz CT molecular complexity index is 225. The highest BCUT2D eigenvalue weighted by atomic mass is 15.0. The number of hydrogen-bond donors (Lipinski definition) is 1. The van der Waals surface area contributed by atoms with Gasteiger partial charge in [0.1, 0.15) is 0 Å². The molecule has 1 aromatic heterocycles. The third-order valence-corrected chi connectivity index (χ3v) is 1.89. The van der Waals surface area contributed by atoms with Crippen molar-refractivity contribution in [2.24, 2.45) is 11.7 Å². The van der Waals surface area contributed by atoms with Crippen LogP contribution in [0.4, 0.5) is 0 Å². The van der Waals surface area contributed by atoms with Gasteiger partial charge in [-0.15, -0.1) is 0 Å². The van der Waals surface area contributed by atoms with Crippen LogP contribution < -0.4 is 5.73 Å². The van der Waals surface area contributed by atoms with Gasteiger partial charge in [-0.25, -0.2) is 0 Å². The highest BCUT2D eigenvalue weighted by Crippen LogP contribution is 2.06. The summed E-state index contributed by atoms with van der Waals surface area (Å²) in [5.74, 6) is 0.703. The zero-order valence-electron chi connectivity index (χ0n) is 7.96. The molecular formula is C10H18N2. The van der Waals surface area contributed by atoms with E-state index in [1.165, 1.54) is 5.69 Å². The summed E-state index contributed by atoms with van der Waals surface area (Å²) in [6.45, 7) is 6.29. The maximum absolute atomic E-state index is 5.51. The molecule has 1 rings (SSSR count). The van der Waals surface area contributed by atoms with Gasteiger partial charge in [-0.3, -0.25) is 0 Å². The maximum Gasteiger partial charge on any atom is 0.0245 e. The number of nitrogens with two attached hydrogens (primary N) is 1. The molecule has 2 N–H and O–H groups in total. The third kappa shape index (κ3) is 2.38. The molecule has 2 heteroatoms. The van der Waals surface area contributed by atoms with Crippen LogP contribution in [0.1, 0.15) is 19.5 Å². The van der Waals surface area contributed by atoms with Gasteiger partial charge in [-0.2, -0.15) is 0 Å². The quantitative estimate of drug-likeness (QED) is 0.724. The zero-order valence-corrected chi connectivity index (χ0v) is 7.96. The van der Waals surface area contributed by atoms with Crippen LogP contribution in [0.2, 0.25) is 0 Å². The molecule has 0 aliphatic rings. The van der Waals surface area contributed by atoms with Gasteiger partial charge in [0.15, 0.2) is 0 Å². The first-order chi connectivity index (χ1) is 5.74. The largest absolute Gasteiger partial charge is 0.351 e. The lowest BCUT2D eigenvalue weighted by molar-refractivity contribution is 0.511. The van der Waals surface area contributed by atoms with E-state index in [-0.39, 0.29) is 0 Å². The van der Waals surface area contributed by atoms with E-state index in [1.54, 1.807) is 0 Å². The Morgan fingerprint density at radius 2 is 2.25 bits per heavy atom. The van der Waals surface area contributed by atoms with Crippen molar-refractivity contribution in [1.29, 1.82) is 0 Å². The second-order valence-corrected chi connectivity index (χ2v) is 3.58. The molecule has 1 heterocycles. The SMILES string of the molecule is CC(C)Cn1cccc1CCN. The minimum atomic E-state index is 0.703. The predicted molar refractivity (Wildman–Crippen MR) is 52.0 cm³/mol. The van der Waals surface area contributed by atoms with Crippen molar-refractivity contribution in [3.05, 3.63) is 24.0 Å². The molecule has 0 amide bonds. The van der Waals surface area contributed by atoms with Crippen LogP contribution in [0, 0.1) is 5.92 Å². The minimum Gasteiger partial charge on any atom is -0.351 e. The van der Waals surface area contributed by atoms with E-state index < -0.39 is 0 Å². The number of rotatable bonds is 4. The molecule has 0 aliphatic heterocycles. The summed E-state index contributed by atoms with van der Waals surface area (Å²) < 4.78 is 2.29. The number of aromatic nitrogens is 1. The van der Waals surface area contributed by atoms with Gasteiger partial charge in [0.25, 0.3) is 0 Å². The topological polar surface area (TPSA) is 30.9 Å². The van der Waals surface area contributed by atoms with E-state index in [2.05, 4.69) is 36.7 Å². The predicted octanol–water partition coefficient (Wildman–Crippen LogP) is 1.65. The standard InChI is InChI=1S/C10H18N2/c1-9(2)8-12-7-3-4-10(12)5-6-11/h3-4,7,9H,5-6,8,11H2,1-2H3. The molecule has 0 unspecified atom stereocenters. The highest BCUT2D eigenvalue weighted by Gasteiger charge is 2.00. The van der Waals surface area contributed by atoms with Gasteiger partial charge in [-0.05, 0) is 31.0 Å². The molecule has 0 aromatic carbocycles. The average molecular weight is 166 g/mol. The Labute approximate surface area is 74.4 Å². The smallest absolute Gasteiger partial charge is 0.0245 e. The van der Waals surface area contributed by atoms with Crippen molar-refractivity contribution < 1.29 is 0 Å². The van der Waals surface area contributed by atoms with Crippen molar-refractivity contribution in [3.8, 4) is 0 Å². The molecule has 0 fully saturated rings. The van der Waals surface area contributed by atoms with E-state index >= 15 is 0 Å². The van der Waals surface area contributed by atoms with Crippen molar-refractivity contribution in [1.82, 2.24) is 4.57 Å². The fraction of sp³-hybridized carbons (Fsp3) is 0.600. The Kier molecular flexibility index (Phi) is 3.35. The maximum atomic E-state index is 5.51. The summed E-state index contributed by atoms with van der Waals surface area (Å²) in [5, 5.41) is 0. The van der Waals surface area contributed by atoms with Gasteiger partial charge in [-0.1, -0.05) is 13.8 Å². The van der Waals surface area contributed by atoms with Crippen LogP contribution >= 0.6 is 0 Å². The lowest BCUT2D eigenvalue weighted by Gasteiger charge is -2.10.